The molecular weight excluding hydrogens is 348 g/mol. The Hall–Kier alpha value is -1.71. The summed E-state index contributed by atoms with van der Waals surface area (Å²) in [5.41, 5.74) is 3.26. The van der Waals surface area contributed by atoms with Crippen LogP contribution in [0, 0.1) is 0 Å². The van der Waals surface area contributed by atoms with Crippen LogP contribution in [0.25, 0.3) is 5.69 Å². The summed E-state index contributed by atoms with van der Waals surface area (Å²) in [6.07, 6.45) is 4.06. The Morgan fingerprint density at radius 3 is 2.62 bits per heavy atom. The molecule has 0 bridgehead atoms. The van der Waals surface area contributed by atoms with E-state index < -0.39 is 0 Å². The molecule has 0 radical (unpaired) electrons. The summed E-state index contributed by atoms with van der Waals surface area (Å²) >= 11 is 9.68. The summed E-state index contributed by atoms with van der Waals surface area (Å²) in [6, 6.07) is 18.2. The Kier molecular flexibility index (Phi) is 4.32. The predicted molar refractivity (Wildman–Crippen MR) is 92.2 cm³/mol. The van der Waals surface area contributed by atoms with E-state index >= 15 is 0 Å². The summed E-state index contributed by atoms with van der Waals surface area (Å²) in [5, 5.41) is 4.18. The van der Waals surface area contributed by atoms with E-state index in [1.165, 1.54) is 0 Å². The van der Waals surface area contributed by atoms with Gasteiger partial charge in [-0.25, -0.2) is 0 Å². The number of nitrogens with one attached hydrogen (secondary N) is 1. The van der Waals surface area contributed by atoms with E-state index in [9.17, 15) is 0 Å². The first-order valence-corrected chi connectivity index (χ1v) is 7.81. The van der Waals surface area contributed by atoms with E-state index in [0.29, 0.717) is 6.54 Å². The second-order valence-electron chi connectivity index (χ2n) is 4.73. The van der Waals surface area contributed by atoms with Gasteiger partial charge in [0.2, 0.25) is 0 Å². The number of hydrogen-bond donors (Lipinski definition) is 1. The van der Waals surface area contributed by atoms with Crippen molar-refractivity contribution in [1.82, 2.24) is 4.57 Å². The van der Waals surface area contributed by atoms with Crippen LogP contribution in [-0.4, -0.2) is 4.57 Å². The van der Waals surface area contributed by atoms with Gasteiger partial charge in [0.25, 0.3) is 0 Å². The fourth-order valence-electron chi connectivity index (χ4n) is 2.16. The molecule has 1 heterocycles. The van der Waals surface area contributed by atoms with Crippen molar-refractivity contribution in [2.45, 2.75) is 6.54 Å². The number of nitrogens with zero attached hydrogens (tertiary/aromatic N) is 1. The van der Waals surface area contributed by atoms with E-state index in [4.69, 9.17) is 11.6 Å². The highest BCUT2D eigenvalue weighted by molar-refractivity contribution is 9.10. The van der Waals surface area contributed by atoms with Crippen molar-refractivity contribution in [2.75, 3.05) is 5.32 Å². The predicted octanol–water partition coefficient (Wildman–Crippen LogP) is 5.51. The maximum atomic E-state index is 6.21. The summed E-state index contributed by atoms with van der Waals surface area (Å²) in [6.45, 7) is 0.688. The summed E-state index contributed by atoms with van der Waals surface area (Å²) in [4.78, 5) is 0. The number of anilines is 1. The Balaban J connectivity index is 1.76. The first kappa shape index (κ1) is 14.2. The van der Waals surface area contributed by atoms with Gasteiger partial charge in [0, 0.05) is 39.8 Å². The lowest BCUT2D eigenvalue weighted by molar-refractivity contribution is 1.07. The molecule has 0 aliphatic heterocycles. The van der Waals surface area contributed by atoms with E-state index in [1.807, 2.05) is 48.8 Å². The third kappa shape index (κ3) is 3.49. The molecular formula is C17H14BrClN2. The van der Waals surface area contributed by atoms with Crippen LogP contribution in [0.2, 0.25) is 5.02 Å². The average Bonchev–Trinajstić information content (AvgIpc) is 3.03. The zero-order valence-corrected chi connectivity index (χ0v) is 13.6. The van der Waals surface area contributed by atoms with Crippen LogP contribution in [0.15, 0.2) is 71.5 Å². The minimum atomic E-state index is 0.688. The second kappa shape index (κ2) is 6.37. The van der Waals surface area contributed by atoms with Gasteiger partial charge in [-0.3, -0.25) is 0 Å². The smallest absolute Gasteiger partial charge is 0.0469 e. The maximum absolute atomic E-state index is 6.21. The molecule has 0 aliphatic carbocycles. The van der Waals surface area contributed by atoms with Crippen molar-refractivity contribution in [3.05, 3.63) is 82.0 Å². The van der Waals surface area contributed by atoms with Gasteiger partial charge in [0.05, 0.1) is 0 Å². The summed E-state index contributed by atoms with van der Waals surface area (Å²) in [5.74, 6) is 0. The zero-order chi connectivity index (χ0) is 14.7. The summed E-state index contributed by atoms with van der Waals surface area (Å²) < 4.78 is 3.11. The lowest BCUT2D eigenvalue weighted by Crippen LogP contribution is -2.01. The molecule has 4 heteroatoms. The highest BCUT2D eigenvalue weighted by Gasteiger charge is 2.02. The molecule has 0 unspecified atom stereocenters. The van der Waals surface area contributed by atoms with Crippen LogP contribution in [-0.2, 0) is 6.54 Å². The van der Waals surface area contributed by atoms with Crippen LogP contribution in [0.4, 0.5) is 5.69 Å². The third-order valence-electron chi connectivity index (χ3n) is 3.24. The van der Waals surface area contributed by atoms with E-state index in [2.05, 4.69) is 44.0 Å². The first-order chi connectivity index (χ1) is 10.2. The Bertz CT molecular complexity index is 738. The van der Waals surface area contributed by atoms with E-state index in [-0.39, 0.29) is 0 Å². The van der Waals surface area contributed by atoms with Crippen LogP contribution < -0.4 is 5.32 Å². The third-order valence-corrected chi connectivity index (χ3v) is 4.10. The second-order valence-corrected chi connectivity index (χ2v) is 6.05. The van der Waals surface area contributed by atoms with Crippen LogP contribution in [0.3, 0.4) is 0 Å². The van der Waals surface area contributed by atoms with E-state index in [1.54, 1.807) is 0 Å². The van der Waals surface area contributed by atoms with E-state index in [0.717, 1.165) is 26.4 Å². The van der Waals surface area contributed by atoms with Crippen molar-refractivity contribution in [2.24, 2.45) is 0 Å². The van der Waals surface area contributed by atoms with Crippen molar-refractivity contribution >= 4 is 33.2 Å². The topological polar surface area (TPSA) is 17.0 Å². The van der Waals surface area contributed by atoms with Gasteiger partial charge in [0.1, 0.15) is 0 Å². The van der Waals surface area contributed by atoms with Crippen molar-refractivity contribution in [3.8, 4) is 5.69 Å². The molecule has 21 heavy (non-hydrogen) atoms. The summed E-state index contributed by atoms with van der Waals surface area (Å²) in [7, 11) is 0. The SMILES string of the molecule is Clc1ccc(Br)cc1CNc1cccc(-n2cccc2)c1. The van der Waals surface area contributed by atoms with Crippen molar-refractivity contribution in [3.63, 3.8) is 0 Å². The van der Waals surface area contributed by atoms with Gasteiger partial charge < -0.3 is 9.88 Å². The van der Waals surface area contributed by atoms with Gasteiger partial charge in [-0.2, -0.15) is 0 Å². The molecule has 0 atom stereocenters. The maximum Gasteiger partial charge on any atom is 0.0469 e. The molecule has 1 N–H and O–H groups in total. The molecule has 0 amide bonds. The molecule has 0 saturated carbocycles. The highest BCUT2D eigenvalue weighted by atomic mass is 79.9. The minimum Gasteiger partial charge on any atom is -0.381 e. The highest BCUT2D eigenvalue weighted by Crippen LogP contribution is 2.22. The van der Waals surface area contributed by atoms with Crippen molar-refractivity contribution in [1.29, 1.82) is 0 Å². The number of halogens is 2. The Morgan fingerprint density at radius 2 is 1.81 bits per heavy atom. The van der Waals surface area contributed by atoms with Gasteiger partial charge >= 0.3 is 0 Å². The number of rotatable bonds is 4. The van der Waals surface area contributed by atoms with Gasteiger partial charge in [0.15, 0.2) is 0 Å². The standard InChI is InChI=1S/C17H14BrClN2/c18-14-6-7-17(19)13(10-14)12-20-15-4-3-5-16(11-15)21-8-1-2-9-21/h1-11,20H,12H2. The molecule has 3 rings (SSSR count). The Labute approximate surface area is 137 Å². The fraction of sp³-hybridized carbons (Fsp3) is 0.0588. The lowest BCUT2D eigenvalue weighted by Gasteiger charge is -2.10. The molecule has 0 spiro atoms. The lowest BCUT2D eigenvalue weighted by atomic mass is 10.2. The first-order valence-electron chi connectivity index (χ1n) is 6.63. The molecule has 0 fully saturated rings. The molecule has 2 nitrogen and oxygen atoms in total. The van der Waals surface area contributed by atoms with Crippen LogP contribution >= 0.6 is 27.5 Å². The largest absolute Gasteiger partial charge is 0.381 e. The number of hydrogen-bond acceptors (Lipinski definition) is 1. The number of aromatic nitrogens is 1. The molecule has 2 aromatic carbocycles. The molecule has 0 saturated heterocycles. The van der Waals surface area contributed by atoms with Gasteiger partial charge in [-0.1, -0.05) is 33.6 Å². The zero-order valence-electron chi connectivity index (χ0n) is 11.3. The van der Waals surface area contributed by atoms with Crippen LogP contribution in [0.5, 0.6) is 0 Å². The monoisotopic (exact) mass is 360 g/mol. The normalized spacial score (nSPS) is 10.6. The Morgan fingerprint density at radius 1 is 1.00 bits per heavy atom. The molecule has 3 aromatic rings. The molecule has 0 aliphatic rings. The van der Waals surface area contributed by atoms with Crippen molar-refractivity contribution < 1.29 is 0 Å². The molecule has 106 valence electrons. The quantitative estimate of drug-likeness (QED) is 0.649. The molecule has 1 aromatic heterocycles. The van der Waals surface area contributed by atoms with Gasteiger partial charge in [-0.15, -0.1) is 0 Å². The number of benzene rings is 2. The van der Waals surface area contributed by atoms with Gasteiger partial charge in [-0.05, 0) is 54.1 Å². The fourth-order valence-corrected chi connectivity index (χ4v) is 2.75. The minimum absolute atomic E-state index is 0.688. The average molecular weight is 362 g/mol. The van der Waals surface area contributed by atoms with Crippen LogP contribution in [0.1, 0.15) is 5.56 Å².